The molecule has 0 fully saturated rings. The number of amides is 2. The van der Waals surface area contributed by atoms with E-state index in [0.29, 0.717) is 41.0 Å². The van der Waals surface area contributed by atoms with Gasteiger partial charge in [-0.25, -0.2) is 4.98 Å². The Morgan fingerprint density at radius 2 is 1.49 bits per heavy atom. The first-order chi connectivity index (χ1) is 15.2. The van der Waals surface area contributed by atoms with Gasteiger partial charge in [0.05, 0.1) is 25.5 Å². The van der Waals surface area contributed by atoms with Gasteiger partial charge in [-0.15, -0.1) is 48.6 Å². The topological polar surface area (TPSA) is 108 Å². The van der Waals surface area contributed by atoms with E-state index in [0.717, 1.165) is 13.1 Å². The molecule has 200 valence electrons. The van der Waals surface area contributed by atoms with Crippen molar-refractivity contribution in [2.45, 2.75) is 0 Å². The van der Waals surface area contributed by atoms with E-state index in [1.807, 2.05) is 38.0 Å². The first-order valence-electron chi connectivity index (χ1n) is 10.1. The Morgan fingerprint density at radius 3 is 2.06 bits per heavy atom. The molecule has 0 unspecified atom stereocenters. The summed E-state index contributed by atoms with van der Waals surface area (Å²) in [5, 5.41) is 10.8. The molecular formula is C21H35Cl3N6O4S. The number of hydrogen-bond donors (Lipinski definition) is 3. The maximum atomic E-state index is 13.0. The average molecular weight is 574 g/mol. The molecule has 1 heterocycles. The zero-order valence-corrected chi connectivity index (χ0v) is 23.9. The van der Waals surface area contributed by atoms with Gasteiger partial charge in [-0.05, 0) is 34.3 Å². The Hall–Kier alpha value is -2.02. The van der Waals surface area contributed by atoms with E-state index >= 15 is 0 Å². The quantitative estimate of drug-likeness (QED) is 0.356. The molecule has 0 spiro atoms. The van der Waals surface area contributed by atoms with Crippen LogP contribution in [0.25, 0.3) is 0 Å². The van der Waals surface area contributed by atoms with Crippen LogP contribution in [-0.4, -0.2) is 95.2 Å². The molecule has 0 atom stereocenters. The molecule has 0 aliphatic rings. The van der Waals surface area contributed by atoms with Gasteiger partial charge < -0.3 is 29.9 Å². The Morgan fingerprint density at radius 1 is 0.914 bits per heavy atom. The fourth-order valence-corrected chi connectivity index (χ4v) is 3.40. The van der Waals surface area contributed by atoms with Crippen LogP contribution in [0, 0.1) is 0 Å². The van der Waals surface area contributed by atoms with Crippen LogP contribution < -0.4 is 25.4 Å². The van der Waals surface area contributed by atoms with E-state index in [-0.39, 0.29) is 54.7 Å². The van der Waals surface area contributed by atoms with Crippen LogP contribution >= 0.6 is 48.6 Å². The molecule has 0 aliphatic carbocycles. The average Bonchev–Trinajstić information content (AvgIpc) is 3.21. The number of nitrogens with one attached hydrogen (secondary N) is 3. The lowest BCUT2D eigenvalue weighted by Crippen LogP contribution is -2.31. The van der Waals surface area contributed by atoms with Crippen molar-refractivity contribution < 1.29 is 19.1 Å². The summed E-state index contributed by atoms with van der Waals surface area (Å²) in [5.41, 5.74) is 1.26. The van der Waals surface area contributed by atoms with Crippen LogP contribution in [0.15, 0.2) is 17.5 Å². The molecule has 1 aromatic carbocycles. The van der Waals surface area contributed by atoms with E-state index in [1.165, 1.54) is 18.4 Å². The number of nitrogens with zero attached hydrogens (tertiary/aromatic N) is 3. The van der Waals surface area contributed by atoms with Crippen LogP contribution in [-0.2, 0) is 0 Å². The zero-order valence-electron chi connectivity index (χ0n) is 20.7. The first kappa shape index (κ1) is 35.1. The summed E-state index contributed by atoms with van der Waals surface area (Å²) in [7, 11) is 10.9. The summed E-state index contributed by atoms with van der Waals surface area (Å²) in [4.78, 5) is 33.5. The largest absolute Gasteiger partial charge is 0.493 e. The maximum absolute atomic E-state index is 13.0. The second kappa shape index (κ2) is 17.4. The summed E-state index contributed by atoms with van der Waals surface area (Å²) >= 11 is 1.19. The van der Waals surface area contributed by atoms with Gasteiger partial charge in [-0.1, -0.05) is 0 Å². The third-order valence-corrected chi connectivity index (χ3v) is 5.20. The molecule has 1 aromatic heterocycles. The van der Waals surface area contributed by atoms with Crippen LogP contribution in [0.4, 0.5) is 10.8 Å². The van der Waals surface area contributed by atoms with E-state index in [2.05, 4.69) is 20.9 Å². The maximum Gasteiger partial charge on any atom is 0.270 e. The monoisotopic (exact) mass is 572 g/mol. The van der Waals surface area contributed by atoms with Gasteiger partial charge >= 0.3 is 0 Å². The Balaban J connectivity index is 0. The van der Waals surface area contributed by atoms with Gasteiger partial charge in [0.1, 0.15) is 5.69 Å². The highest BCUT2D eigenvalue weighted by Gasteiger charge is 2.19. The van der Waals surface area contributed by atoms with Crippen molar-refractivity contribution in [3.05, 3.63) is 28.8 Å². The van der Waals surface area contributed by atoms with Crippen LogP contribution in [0.3, 0.4) is 0 Å². The lowest BCUT2D eigenvalue weighted by atomic mass is 10.1. The summed E-state index contributed by atoms with van der Waals surface area (Å²) in [6.07, 6.45) is 0. The minimum Gasteiger partial charge on any atom is -0.493 e. The summed E-state index contributed by atoms with van der Waals surface area (Å²) in [5.74, 6) is 0.311. The molecule has 0 radical (unpaired) electrons. The van der Waals surface area contributed by atoms with Gasteiger partial charge in [-0.3, -0.25) is 14.9 Å². The highest BCUT2D eigenvalue weighted by molar-refractivity contribution is 7.14. The van der Waals surface area contributed by atoms with Gasteiger partial charge in [0.15, 0.2) is 16.6 Å². The molecule has 14 heteroatoms. The number of thiazole rings is 1. The number of ether oxygens (including phenoxy) is 2. The number of carbonyl (C=O) groups excluding carboxylic acids is 2. The number of halogens is 3. The second-order valence-corrected chi connectivity index (χ2v) is 8.39. The minimum absolute atomic E-state index is 0. The second-order valence-electron chi connectivity index (χ2n) is 7.53. The predicted octanol–water partition coefficient (Wildman–Crippen LogP) is 2.94. The van der Waals surface area contributed by atoms with Crippen LogP contribution in [0.2, 0.25) is 0 Å². The molecule has 2 rings (SSSR count). The van der Waals surface area contributed by atoms with Gasteiger partial charge in [-0.2, -0.15) is 0 Å². The van der Waals surface area contributed by atoms with Gasteiger partial charge in [0, 0.05) is 37.6 Å². The van der Waals surface area contributed by atoms with Gasteiger partial charge in [0.25, 0.3) is 11.8 Å². The first-order valence-corrected chi connectivity index (χ1v) is 11.0. The fourth-order valence-electron chi connectivity index (χ4n) is 2.71. The fraction of sp³-hybridized carbons (Fsp3) is 0.476. The number of aromatic nitrogens is 1. The highest BCUT2D eigenvalue weighted by atomic mass is 35.5. The number of rotatable bonds is 12. The number of anilines is 2. The van der Waals surface area contributed by atoms with E-state index in [4.69, 9.17) is 9.47 Å². The van der Waals surface area contributed by atoms with Crippen molar-refractivity contribution in [1.82, 2.24) is 20.1 Å². The zero-order chi connectivity index (χ0) is 23.7. The molecule has 35 heavy (non-hydrogen) atoms. The smallest absolute Gasteiger partial charge is 0.270 e. The van der Waals surface area contributed by atoms with Crippen molar-refractivity contribution in [2.75, 3.05) is 79.2 Å². The molecular weight excluding hydrogens is 539 g/mol. The normalized spacial score (nSPS) is 9.94. The number of methoxy groups -OCH3 is 2. The SMILES string of the molecule is COc1cc(NCCN(C)C)c(C(=O)Nc2nc(C(=O)NCCN(C)C)cs2)cc1OC.Cl.Cl.Cl. The lowest BCUT2D eigenvalue weighted by molar-refractivity contribution is 0.0945. The molecule has 0 bridgehead atoms. The number of benzene rings is 1. The summed E-state index contributed by atoms with van der Waals surface area (Å²) in [6, 6.07) is 3.35. The molecule has 0 aliphatic heterocycles. The van der Waals surface area contributed by atoms with Crippen molar-refractivity contribution in [3.8, 4) is 11.5 Å². The van der Waals surface area contributed by atoms with Crippen LogP contribution in [0.1, 0.15) is 20.8 Å². The van der Waals surface area contributed by atoms with Crippen LogP contribution in [0.5, 0.6) is 11.5 Å². The molecule has 3 N–H and O–H groups in total. The van der Waals surface area contributed by atoms with Crippen molar-refractivity contribution in [3.63, 3.8) is 0 Å². The van der Waals surface area contributed by atoms with E-state index in [1.54, 1.807) is 24.6 Å². The number of likely N-dealkylation sites (N-methyl/N-ethyl adjacent to an activating group) is 2. The third-order valence-electron chi connectivity index (χ3n) is 4.44. The molecule has 10 nitrogen and oxygen atoms in total. The number of hydrogen-bond acceptors (Lipinski definition) is 9. The highest BCUT2D eigenvalue weighted by Crippen LogP contribution is 2.34. The summed E-state index contributed by atoms with van der Waals surface area (Å²) < 4.78 is 10.7. The minimum atomic E-state index is -0.368. The Bertz CT molecular complexity index is 930. The lowest BCUT2D eigenvalue weighted by Gasteiger charge is -2.17. The summed E-state index contributed by atoms with van der Waals surface area (Å²) in [6.45, 7) is 2.66. The standard InChI is InChI=1S/C21H32N6O4S.3ClH/c1-26(2)9-7-22-15-12-18(31-6)17(30-5)11-14(15)19(28)25-21-24-16(13-32-21)20(29)23-8-10-27(3)4;;;/h11-13,22H,7-10H2,1-6H3,(H,23,29)(H,24,25,28);3*1H. The molecule has 2 amide bonds. The van der Waals surface area contributed by atoms with Crippen molar-refractivity contribution in [1.29, 1.82) is 0 Å². The van der Waals surface area contributed by atoms with E-state index < -0.39 is 0 Å². The Labute approximate surface area is 229 Å². The Kier molecular flexibility index (Phi) is 17.5. The molecule has 2 aromatic rings. The predicted molar refractivity (Wildman–Crippen MR) is 149 cm³/mol. The van der Waals surface area contributed by atoms with E-state index in [9.17, 15) is 9.59 Å². The van der Waals surface area contributed by atoms with Gasteiger partial charge in [0.2, 0.25) is 0 Å². The number of carbonyl (C=O) groups is 2. The molecule has 0 saturated carbocycles. The molecule has 0 saturated heterocycles. The third kappa shape index (κ3) is 11.1. The van der Waals surface area contributed by atoms with Crippen molar-refractivity contribution >= 4 is 71.2 Å². The van der Waals surface area contributed by atoms with Crippen molar-refractivity contribution in [2.24, 2.45) is 0 Å².